The quantitative estimate of drug-likeness (QED) is 0.890. The molecule has 1 N–H and O–H groups in total. The van der Waals surface area contributed by atoms with E-state index in [1.165, 1.54) is 5.56 Å². The van der Waals surface area contributed by atoms with Crippen LogP contribution >= 0.6 is 0 Å². The fourth-order valence-corrected chi connectivity index (χ4v) is 2.41. The summed E-state index contributed by atoms with van der Waals surface area (Å²) in [5, 5.41) is 3.41. The summed E-state index contributed by atoms with van der Waals surface area (Å²) in [6.07, 6.45) is 0.0394. The minimum absolute atomic E-state index is 0.0394. The molecule has 1 aliphatic rings. The van der Waals surface area contributed by atoms with Crippen LogP contribution in [0, 0.1) is 0 Å². The van der Waals surface area contributed by atoms with Crippen LogP contribution in [0.1, 0.15) is 12.5 Å². The molecular weight excluding hydrogens is 278 g/mol. The number of fused-ring (bicyclic) bond motifs is 1. The van der Waals surface area contributed by atoms with Gasteiger partial charge in [0.05, 0.1) is 6.61 Å². The van der Waals surface area contributed by atoms with Crippen molar-refractivity contribution >= 4 is 0 Å². The van der Waals surface area contributed by atoms with E-state index in [-0.39, 0.29) is 6.10 Å². The molecule has 2 aromatic rings. The summed E-state index contributed by atoms with van der Waals surface area (Å²) in [5.74, 6) is 2.55. The van der Waals surface area contributed by atoms with Crippen LogP contribution in [-0.4, -0.2) is 25.9 Å². The number of hydrogen-bond donors (Lipinski definition) is 1. The number of ether oxygens (including phenoxy) is 3. The van der Waals surface area contributed by atoms with Crippen molar-refractivity contribution < 1.29 is 14.2 Å². The second kappa shape index (κ2) is 7.18. The molecule has 0 radical (unpaired) electrons. The second-order valence-electron chi connectivity index (χ2n) is 5.21. The highest BCUT2D eigenvalue weighted by atomic mass is 16.6. The van der Waals surface area contributed by atoms with E-state index < -0.39 is 0 Å². The van der Waals surface area contributed by atoms with Crippen LogP contribution in [0.15, 0.2) is 48.5 Å². The molecule has 0 aromatic heterocycles. The molecule has 0 fully saturated rings. The summed E-state index contributed by atoms with van der Waals surface area (Å²) in [5.41, 5.74) is 1.22. The van der Waals surface area contributed by atoms with Crippen molar-refractivity contribution in [1.29, 1.82) is 0 Å². The van der Waals surface area contributed by atoms with Gasteiger partial charge in [-0.25, -0.2) is 0 Å². The van der Waals surface area contributed by atoms with Gasteiger partial charge in [0.15, 0.2) is 11.5 Å². The highest BCUT2D eigenvalue weighted by Crippen LogP contribution is 2.30. The number of hydrogen-bond acceptors (Lipinski definition) is 4. The van der Waals surface area contributed by atoms with E-state index in [1.54, 1.807) is 0 Å². The summed E-state index contributed by atoms with van der Waals surface area (Å²) in [7, 11) is 0. The Balaban J connectivity index is 1.46. The van der Waals surface area contributed by atoms with Crippen molar-refractivity contribution in [2.75, 3.05) is 19.8 Å². The van der Waals surface area contributed by atoms with Gasteiger partial charge in [0.1, 0.15) is 18.5 Å². The van der Waals surface area contributed by atoms with Crippen LogP contribution in [0.2, 0.25) is 0 Å². The molecule has 1 atom stereocenters. The molecule has 2 aromatic carbocycles. The van der Waals surface area contributed by atoms with E-state index in [1.807, 2.05) is 43.3 Å². The molecule has 1 aliphatic heterocycles. The molecule has 0 aliphatic carbocycles. The van der Waals surface area contributed by atoms with Gasteiger partial charge >= 0.3 is 0 Å². The zero-order valence-corrected chi connectivity index (χ0v) is 12.7. The van der Waals surface area contributed by atoms with Gasteiger partial charge < -0.3 is 19.5 Å². The molecule has 0 bridgehead atoms. The minimum atomic E-state index is 0.0394. The Kier molecular flexibility index (Phi) is 4.81. The fourth-order valence-electron chi connectivity index (χ4n) is 2.41. The van der Waals surface area contributed by atoms with E-state index in [0.29, 0.717) is 13.2 Å². The first-order valence-corrected chi connectivity index (χ1v) is 7.66. The molecule has 22 heavy (non-hydrogen) atoms. The van der Waals surface area contributed by atoms with Crippen LogP contribution in [0.4, 0.5) is 0 Å². The Morgan fingerprint density at radius 1 is 1.09 bits per heavy atom. The van der Waals surface area contributed by atoms with Crippen molar-refractivity contribution in [2.24, 2.45) is 0 Å². The van der Waals surface area contributed by atoms with Gasteiger partial charge in [0.25, 0.3) is 0 Å². The SMILES string of the molecule is CCOc1ccc(CNCC2COc3ccccc3O2)cc1. The Labute approximate surface area is 131 Å². The van der Waals surface area contributed by atoms with Crippen LogP contribution in [0.3, 0.4) is 0 Å². The molecule has 0 saturated heterocycles. The maximum absolute atomic E-state index is 5.91. The van der Waals surface area contributed by atoms with Crippen molar-refractivity contribution in [3.8, 4) is 17.2 Å². The molecule has 1 heterocycles. The lowest BCUT2D eigenvalue weighted by molar-refractivity contribution is 0.0902. The summed E-state index contributed by atoms with van der Waals surface area (Å²) in [6, 6.07) is 15.9. The van der Waals surface area contributed by atoms with E-state index in [9.17, 15) is 0 Å². The van der Waals surface area contributed by atoms with Gasteiger partial charge in [-0.1, -0.05) is 24.3 Å². The lowest BCUT2D eigenvalue weighted by Crippen LogP contribution is -2.38. The summed E-state index contributed by atoms with van der Waals surface area (Å²) in [6.45, 7) is 4.81. The monoisotopic (exact) mass is 299 g/mol. The molecule has 4 nitrogen and oxygen atoms in total. The molecule has 4 heteroatoms. The first-order chi connectivity index (χ1) is 10.8. The Morgan fingerprint density at radius 3 is 2.64 bits per heavy atom. The molecule has 0 amide bonds. The van der Waals surface area contributed by atoms with Crippen LogP contribution in [-0.2, 0) is 6.54 Å². The lowest BCUT2D eigenvalue weighted by Gasteiger charge is -2.26. The molecule has 0 spiro atoms. The standard InChI is InChI=1S/C18H21NO3/c1-2-20-15-9-7-14(8-10-15)11-19-12-16-13-21-17-5-3-4-6-18(17)22-16/h3-10,16,19H,2,11-13H2,1H3. The first kappa shape index (κ1) is 14.7. The molecule has 1 unspecified atom stereocenters. The van der Waals surface area contributed by atoms with E-state index in [2.05, 4.69) is 17.4 Å². The Hall–Kier alpha value is -2.20. The zero-order chi connectivity index (χ0) is 15.2. The Bertz CT molecular complexity index is 598. The second-order valence-corrected chi connectivity index (χ2v) is 5.21. The number of benzene rings is 2. The number of para-hydroxylation sites is 2. The van der Waals surface area contributed by atoms with Crippen LogP contribution in [0.25, 0.3) is 0 Å². The normalized spacial score (nSPS) is 16.3. The van der Waals surface area contributed by atoms with Crippen molar-refractivity contribution in [2.45, 2.75) is 19.6 Å². The molecule has 3 rings (SSSR count). The van der Waals surface area contributed by atoms with Crippen LogP contribution in [0.5, 0.6) is 17.2 Å². The van der Waals surface area contributed by atoms with Gasteiger partial charge in [-0.3, -0.25) is 0 Å². The summed E-state index contributed by atoms with van der Waals surface area (Å²) in [4.78, 5) is 0. The fraction of sp³-hybridized carbons (Fsp3) is 0.333. The predicted octanol–water partition coefficient (Wildman–Crippen LogP) is 3.01. The largest absolute Gasteiger partial charge is 0.494 e. The average Bonchev–Trinajstić information content (AvgIpc) is 2.57. The summed E-state index contributed by atoms with van der Waals surface area (Å²) < 4.78 is 17.1. The van der Waals surface area contributed by atoms with E-state index >= 15 is 0 Å². The van der Waals surface area contributed by atoms with E-state index in [0.717, 1.165) is 30.3 Å². The van der Waals surface area contributed by atoms with Gasteiger partial charge in [-0.05, 0) is 36.8 Å². The third-order valence-corrected chi connectivity index (χ3v) is 3.50. The van der Waals surface area contributed by atoms with Gasteiger partial charge in [-0.2, -0.15) is 0 Å². The molecular formula is C18H21NO3. The van der Waals surface area contributed by atoms with Gasteiger partial charge in [0, 0.05) is 13.1 Å². The average molecular weight is 299 g/mol. The van der Waals surface area contributed by atoms with Gasteiger partial charge in [-0.15, -0.1) is 0 Å². The third kappa shape index (κ3) is 3.71. The summed E-state index contributed by atoms with van der Waals surface area (Å²) >= 11 is 0. The van der Waals surface area contributed by atoms with E-state index in [4.69, 9.17) is 14.2 Å². The highest BCUT2D eigenvalue weighted by molar-refractivity contribution is 5.40. The van der Waals surface area contributed by atoms with Crippen molar-refractivity contribution in [3.63, 3.8) is 0 Å². The highest BCUT2D eigenvalue weighted by Gasteiger charge is 2.19. The molecule has 0 saturated carbocycles. The minimum Gasteiger partial charge on any atom is -0.494 e. The first-order valence-electron chi connectivity index (χ1n) is 7.66. The third-order valence-electron chi connectivity index (χ3n) is 3.50. The maximum atomic E-state index is 5.91. The number of nitrogens with one attached hydrogen (secondary N) is 1. The van der Waals surface area contributed by atoms with Crippen molar-refractivity contribution in [1.82, 2.24) is 5.32 Å². The maximum Gasteiger partial charge on any atom is 0.161 e. The molecule has 116 valence electrons. The Morgan fingerprint density at radius 2 is 1.86 bits per heavy atom. The van der Waals surface area contributed by atoms with Gasteiger partial charge in [0.2, 0.25) is 0 Å². The predicted molar refractivity (Wildman–Crippen MR) is 85.7 cm³/mol. The smallest absolute Gasteiger partial charge is 0.161 e. The van der Waals surface area contributed by atoms with Crippen molar-refractivity contribution in [3.05, 3.63) is 54.1 Å². The zero-order valence-electron chi connectivity index (χ0n) is 12.7. The lowest BCUT2D eigenvalue weighted by atomic mass is 10.2. The van der Waals surface area contributed by atoms with Crippen LogP contribution < -0.4 is 19.5 Å². The topological polar surface area (TPSA) is 39.7 Å². The number of rotatable bonds is 6.